The molecule has 0 unspecified atom stereocenters. The lowest BCUT2D eigenvalue weighted by molar-refractivity contribution is -0.119. The number of nitrogens with one attached hydrogen (secondary N) is 2. The van der Waals surface area contributed by atoms with Gasteiger partial charge in [-0.25, -0.2) is 0 Å². The molecule has 2 aromatic carbocycles. The van der Waals surface area contributed by atoms with Gasteiger partial charge in [0.1, 0.15) is 0 Å². The Morgan fingerprint density at radius 1 is 1.11 bits per heavy atom. The second-order valence-electron chi connectivity index (χ2n) is 7.15. The van der Waals surface area contributed by atoms with Crippen LogP contribution in [-0.2, 0) is 4.79 Å². The van der Waals surface area contributed by atoms with Gasteiger partial charge in [0.25, 0.3) is 5.91 Å². The summed E-state index contributed by atoms with van der Waals surface area (Å²) in [7, 11) is 0. The summed E-state index contributed by atoms with van der Waals surface area (Å²) in [5.74, 6) is -0.141. The fourth-order valence-electron chi connectivity index (χ4n) is 3.80. The molecule has 6 heteroatoms. The first-order chi connectivity index (χ1) is 13.0. The van der Waals surface area contributed by atoms with Crippen LogP contribution in [-0.4, -0.2) is 46.0 Å². The molecule has 0 radical (unpaired) electrons. The fraction of sp³-hybridized carbons (Fsp3) is 0.286. The smallest absolute Gasteiger partial charge is 0.275 e. The van der Waals surface area contributed by atoms with Gasteiger partial charge in [0.05, 0.1) is 11.6 Å². The minimum atomic E-state index is -0.114. The molecule has 0 bridgehead atoms. The molecule has 6 nitrogen and oxygen atoms in total. The van der Waals surface area contributed by atoms with Crippen LogP contribution in [0, 0.1) is 6.92 Å². The molecule has 4 rings (SSSR count). The lowest BCUT2D eigenvalue weighted by Gasteiger charge is -2.19. The van der Waals surface area contributed by atoms with Gasteiger partial charge in [0.15, 0.2) is 5.69 Å². The number of benzene rings is 2. The van der Waals surface area contributed by atoms with Crippen molar-refractivity contribution >= 4 is 22.7 Å². The first-order valence-electron chi connectivity index (χ1n) is 9.09. The Labute approximate surface area is 157 Å². The first-order valence-corrected chi connectivity index (χ1v) is 9.09. The third-order valence-corrected chi connectivity index (χ3v) is 5.17. The summed E-state index contributed by atoms with van der Waals surface area (Å²) in [4.78, 5) is 26.6. The molecule has 138 valence electrons. The number of aromatic amines is 1. The second-order valence-corrected chi connectivity index (χ2v) is 7.15. The Bertz CT molecular complexity index is 993. The molecular weight excluding hydrogens is 340 g/mol. The number of fused-ring (bicyclic) bond motifs is 1. The zero-order valence-corrected chi connectivity index (χ0v) is 15.4. The molecule has 0 saturated carbocycles. The highest BCUT2D eigenvalue weighted by molar-refractivity contribution is 6.04. The maximum absolute atomic E-state index is 13.1. The molecule has 1 fully saturated rings. The van der Waals surface area contributed by atoms with Crippen LogP contribution in [0.5, 0.6) is 0 Å². The van der Waals surface area contributed by atoms with Gasteiger partial charge in [0.2, 0.25) is 5.91 Å². The monoisotopic (exact) mass is 362 g/mol. The molecule has 0 aliphatic carbocycles. The molecule has 1 aliphatic heterocycles. The summed E-state index contributed by atoms with van der Waals surface area (Å²) in [6, 6.07) is 15.8. The normalized spacial score (nSPS) is 19.4. The number of likely N-dealkylation sites (tertiary alicyclic amines) is 1. The van der Waals surface area contributed by atoms with E-state index in [4.69, 9.17) is 0 Å². The molecular formula is C21H22N4O2. The van der Waals surface area contributed by atoms with Crippen molar-refractivity contribution in [2.45, 2.75) is 25.8 Å². The van der Waals surface area contributed by atoms with Gasteiger partial charge in [-0.1, -0.05) is 48.0 Å². The highest BCUT2D eigenvalue weighted by atomic mass is 16.2. The number of hydrogen-bond donors (Lipinski definition) is 2. The van der Waals surface area contributed by atoms with Gasteiger partial charge in [-0.2, -0.15) is 5.10 Å². The minimum Gasteiger partial charge on any atom is -0.351 e. The van der Waals surface area contributed by atoms with Gasteiger partial charge in [-0.3, -0.25) is 14.7 Å². The Kier molecular flexibility index (Phi) is 4.39. The Morgan fingerprint density at radius 2 is 1.85 bits per heavy atom. The number of para-hydroxylation sites is 1. The van der Waals surface area contributed by atoms with Crippen molar-refractivity contribution in [3.05, 3.63) is 65.4 Å². The molecule has 2 amide bonds. The predicted octanol–water partition coefficient (Wildman–Crippen LogP) is 2.62. The summed E-state index contributed by atoms with van der Waals surface area (Å²) in [5, 5.41) is 11.0. The average molecular weight is 362 g/mol. The van der Waals surface area contributed by atoms with E-state index in [0.717, 1.165) is 16.5 Å². The molecule has 2 heterocycles. The van der Waals surface area contributed by atoms with Crippen molar-refractivity contribution in [3.63, 3.8) is 0 Å². The van der Waals surface area contributed by atoms with Gasteiger partial charge in [-0.15, -0.1) is 0 Å². The van der Waals surface area contributed by atoms with Crippen molar-refractivity contribution in [2.24, 2.45) is 0 Å². The largest absolute Gasteiger partial charge is 0.351 e. The molecule has 1 saturated heterocycles. The molecule has 1 aromatic heterocycles. The molecule has 27 heavy (non-hydrogen) atoms. The van der Waals surface area contributed by atoms with Gasteiger partial charge in [-0.05, 0) is 18.6 Å². The van der Waals surface area contributed by atoms with Crippen molar-refractivity contribution in [1.82, 2.24) is 20.4 Å². The highest BCUT2D eigenvalue weighted by Crippen LogP contribution is 2.30. The SMILES string of the molecule is CC(=O)N[C@@H]1CN(C(=O)c2n[nH]c3ccccc23)C[C@H]1c1ccc(C)cc1. The van der Waals surface area contributed by atoms with Crippen LogP contribution in [0.15, 0.2) is 48.5 Å². The number of aryl methyl sites for hydroxylation is 1. The van der Waals surface area contributed by atoms with Crippen LogP contribution in [0.4, 0.5) is 0 Å². The van der Waals surface area contributed by atoms with E-state index in [0.29, 0.717) is 18.8 Å². The van der Waals surface area contributed by atoms with Gasteiger partial charge >= 0.3 is 0 Å². The number of H-pyrrole nitrogens is 1. The second kappa shape index (κ2) is 6.87. The quantitative estimate of drug-likeness (QED) is 0.752. The van der Waals surface area contributed by atoms with E-state index in [1.807, 2.05) is 31.2 Å². The van der Waals surface area contributed by atoms with E-state index in [2.05, 4.69) is 39.8 Å². The number of carbonyl (C=O) groups excluding carboxylic acids is 2. The number of carbonyl (C=O) groups is 2. The minimum absolute atomic E-state index is 0.0589. The zero-order chi connectivity index (χ0) is 19.0. The van der Waals surface area contributed by atoms with Crippen LogP contribution in [0.3, 0.4) is 0 Å². The summed E-state index contributed by atoms with van der Waals surface area (Å²) in [5.41, 5.74) is 3.58. The molecule has 1 aliphatic rings. The molecule has 3 aromatic rings. The first kappa shape index (κ1) is 17.3. The van der Waals surface area contributed by atoms with Crippen LogP contribution in [0.2, 0.25) is 0 Å². The third-order valence-electron chi connectivity index (χ3n) is 5.17. The van der Waals surface area contributed by atoms with Crippen LogP contribution in [0.25, 0.3) is 10.9 Å². The Hall–Kier alpha value is -3.15. The maximum atomic E-state index is 13.1. The van der Waals surface area contributed by atoms with E-state index in [1.165, 1.54) is 12.5 Å². The number of aromatic nitrogens is 2. The van der Waals surface area contributed by atoms with E-state index in [9.17, 15) is 9.59 Å². The number of nitrogens with zero attached hydrogens (tertiary/aromatic N) is 2. The van der Waals surface area contributed by atoms with Crippen molar-refractivity contribution < 1.29 is 9.59 Å². The summed E-state index contributed by atoms with van der Waals surface area (Å²) < 4.78 is 0. The van der Waals surface area contributed by atoms with E-state index in [1.54, 1.807) is 4.90 Å². The van der Waals surface area contributed by atoms with Gasteiger partial charge in [0, 0.05) is 31.3 Å². The van der Waals surface area contributed by atoms with E-state index < -0.39 is 0 Å². The zero-order valence-electron chi connectivity index (χ0n) is 15.4. The number of amides is 2. The fourth-order valence-corrected chi connectivity index (χ4v) is 3.80. The lowest BCUT2D eigenvalue weighted by Crippen LogP contribution is -2.39. The Morgan fingerprint density at radius 3 is 2.59 bits per heavy atom. The van der Waals surface area contributed by atoms with Crippen LogP contribution < -0.4 is 5.32 Å². The molecule has 2 atom stereocenters. The highest BCUT2D eigenvalue weighted by Gasteiger charge is 2.37. The van der Waals surface area contributed by atoms with E-state index >= 15 is 0 Å². The van der Waals surface area contributed by atoms with Crippen LogP contribution >= 0.6 is 0 Å². The Balaban J connectivity index is 1.63. The van der Waals surface area contributed by atoms with Crippen LogP contribution in [0.1, 0.15) is 34.5 Å². The summed E-state index contributed by atoms with van der Waals surface area (Å²) >= 11 is 0. The standard InChI is InChI=1S/C21H22N4O2/c1-13-7-9-15(10-8-13)17-11-25(12-19(17)22-14(2)26)21(27)20-16-5-3-4-6-18(16)23-24-20/h3-10,17,19H,11-12H2,1-2H3,(H,22,26)(H,23,24)/t17-,19+/m0/s1. The molecule has 0 spiro atoms. The number of hydrogen-bond acceptors (Lipinski definition) is 3. The summed E-state index contributed by atoms with van der Waals surface area (Å²) in [6.45, 7) is 4.58. The topological polar surface area (TPSA) is 78.1 Å². The van der Waals surface area contributed by atoms with E-state index in [-0.39, 0.29) is 23.8 Å². The van der Waals surface area contributed by atoms with Crippen molar-refractivity contribution in [2.75, 3.05) is 13.1 Å². The predicted molar refractivity (Wildman–Crippen MR) is 104 cm³/mol. The molecule has 2 N–H and O–H groups in total. The lowest BCUT2D eigenvalue weighted by atomic mass is 9.93. The van der Waals surface area contributed by atoms with Crippen molar-refractivity contribution in [1.29, 1.82) is 0 Å². The third kappa shape index (κ3) is 3.30. The van der Waals surface area contributed by atoms with Crippen molar-refractivity contribution in [3.8, 4) is 0 Å². The van der Waals surface area contributed by atoms with Gasteiger partial charge < -0.3 is 10.2 Å². The number of rotatable bonds is 3. The average Bonchev–Trinajstić information content (AvgIpc) is 3.26. The summed E-state index contributed by atoms with van der Waals surface area (Å²) in [6.07, 6.45) is 0. The maximum Gasteiger partial charge on any atom is 0.275 e.